The lowest BCUT2D eigenvalue weighted by Crippen LogP contribution is -2.11. The van der Waals surface area contributed by atoms with Crippen LogP contribution in [0.2, 0.25) is 0 Å². The van der Waals surface area contributed by atoms with Crippen molar-refractivity contribution >= 4 is 10.1 Å². The van der Waals surface area contributed by atoms with Gasteiger partial charge in [-0.05, 0) is 49.2 Å². The number of aryl methyl sites for hydroxylation is 2. The van der Waals surface area contributed by atoms with Crippen LogP contribution in [0.5, 0.6) is 17.2 Å². The van der Waals surface area contributed by atoms with E-state index in [1.54, 1.807) is 26.0 Å². The summed E-state index contributed by atoms with van der Waals surface area (Å²) in [5, 5.41) is 9.51. The fourth-order valence-corrected chi connectivity index (χ4v) is 3.09. The first-order valence-electron chi connectivity index (χ1n) is 6.21. The van der Waals surface area contributed by atoms with Gasteiger partial charge in [0.1, 0.15) is 22.1 Å². The molecule has 0 amide bonds. The first-order valence-corrected chi connectivity index (χ1v) is 7.62. The number of phenols is 1. The number of methoxy groups -OCH3 is 1. The summed E-state index contributed by atoms with van der Waals surface area (Å²) in [5.41, 5.74) is 1.46. The van der Waals surface area contributed by atoms with Crippen LogP contribution in [0.3, 0.4) is 0 Å². The molecule has 0 aliphatic heterocycles. The maximum atomic E-state index is 12.4. The molecule has 0 spiro atoms. The highest BCUT2D eigenvalue weighted by atomic mass is 32.2. The summed E-state index contributed by atoms with van der Waals surface area (Å²) < 4.78 is 34.9. The molecule has 5 nitrogen and oxygen atoms in total. The fourth-order valence-electron chi connectivity index (χ4n) is 1.93. The Bertz CT molecular complexity index is 745. The molecule has 0 bridgehead atoms. The van der Waals surface area contributed by atoms with Gasteiger partial charge in [0.25, 0.3) is 0 Å². The largest absolute Gasteiger partial charge is 0.508 e. The molecule has 21 heavy (non-hydrogen) atoms. The van der Waals surface area contributed by atoms with Gasteiger partial charge >= 0.3 is 10.1 Å². The molecule has 0 heterocycles. The first kappa shape index (κ1) is 15.2. The number of hydrogen-bond acceptors (Lipinski definition) is 5. The van der Waals surface area contributed by atoms with E-state index in [9.17, 15) is 13.5 Å². The third-order valence-corrected chi connectivity index (χ3v) is 4.10. The highest BCUT2D eigenvalue weighted by Gasteiger charge is 2.22. The lowest BCUT2D eigenvalue weighted by molar-refractivity contribution is 0.398. The van der Waals surface area contributed by atoms with Gasteiger partial charge in [-0.25, -0.2) is 0 Å². The second-order valence-corrected chi connectivity index (χ2v) is 6.21. The van der Waals surface area contributed by atoms with Crippen LogP contribution in [0, 0.1) is 13.8 Å². The van der Waals surface area contributed by atoms with Crippen molar-refractivity contribution in [2.75, 3.05) is 7.11 Å². The zero-order valence-electron chi connectivity index (χ0n) is 12.0. The predicted molar refractivity (Wildman–Crippen MR) is 78.4 cm³/mol. The standard InChI is InChI=1S/C15H16O5S/c1-10-4-5-14(19-3)15(8-10)21(17,18)20-13-7-11(2)6-12(16)9-13/h4-9,16H,1-3H3. The van der Waals surface area contributed by atoms with Crippen molar-refractivity contribution in [3.05, 3.63) is 47.5 Å². The average Bonchev–Trinajstić information content (AvgIpc) is 2.36. The van der Waals surface area contributed by atoms with Crippen LogP contribution in [0.25, 0.3) is 0 Å². The van der Waals surface area contributed by atoms with Crippen molar-refractivity contribution < 1.29 is 22.4 Å². The number of rotatable bonds is 4. The minimum absolute atomic E-state index is 0.0500. The highest BCUT2D eigenvalue weighted by molar-refractivity contribution is 7.87. The summed E-state index contributed by atoms with van der Waals surface area (Å²) in [5.74, 6) is 0.199. The lowest BCUT2D eigenvalue weighted by atomic mass is 10.2. The molecule has 6 heteroatoms. The first-order chi connectivity index (χ1) is 9.81. The van der Waals surface area contributed by atoms with Crippen molar-refractivity contribution in [1.82, 2.24) is 0 Å². The van der Waals surface area contributed by atoms with Crippen LogP contribution >= 0.6 is 0 Å². The Morgan fingerprint density at radius 3 is 2.33 bits per heavy atom. The number of hydrogen-bond donors (Lipinski definition) is 1. The molecule has 0 atom stereocenters. The number of phenolic OH excluding ortho intramolecular Hbond substituents is 1. The van der Waals surface area contributed by atoms with Gasteiger partial charge in [-0.2, -0.15) is 8.42 Å². The number of benzene rings is 2. The highest BCUT2D eigenvalue weighted by Crippen LogP contribution is 2.29. The quantitative estimate of drug-likeness (QED) is 0.879. The van der Waals surface area contributed by atoms with Crippen LogP contribution in [0.4, 0.5) is 0 Å². The van der Waals surface area contributed by atoms with Crippen molar-refractivity contribution in [2.24, 2.45) is 0 Å². The third-order valence-electron chi connectivity index (χ3n) is 2.83. The minimum Gasteiger partial charge on any atom is -0.508 e. The SMILES string of the molecule is COc1ccc(C)cc1S(=O)(=O)Oc1cc(C)cc(O)c1. The van der Waals surface area contributed by atoms with Crippen molar-refractivity contribution in [2.45, 2.75) is 18.7 Å². The maximum Gasteiger partial charge on any atom is 0.342 e. The van der Waals surface area contributed by atoms with E-state index in [0.717, 1.165) is 5.56 Å². The fraction of sp³-hybridized carbons (Fsp3) is 0.200. The molecule has 0 aliphatic rings. The van der Waals surface area contributed by atoms with Gasteiger partial charge in [0, 0.05) is 6.07 Å². The summed E-state index contributed by atoms with van der Waals surface area (Å²) >= 11 is 0. The molecule has 0 fully saturated rings. The van der Waals surface area contributed by atoms with Crippen molar-refractivity contribution in [3.63, 3.8) is 0 Å². The van der Waals surface area contributed by atoms with Gasteiger partial charge in [-0.15, -0.1) is 0 Å². The summed E-state index contributed by atoms with van der Waals surface area (Å²) in [4.78, 5) is -0.0500. The van der Waals surface area contributed by atoms with E-state index in [-0.39, 0.29) is 22.1 Å². The maximum absolute atomic E-state index is 12.4. The van der Waals surface area contributed by atoms with Crippen LogP contribution in [0.15, 0.2) is 41.3 Å². The van der Waals surface area contributed by atoms with E-state index in [0.29, 0.717) is 5.56 Å². The molecule has 0 saturated heterocycles. The molecular formula is C15H16O5S. The minimum atomic E-state index is -4.05. The van der Waals surface area contributed by atoms with E-state index >= 15 is 0 Å². The van der Waals surface area contributed by atoms with Crippen LogP contribution in [-0.4, -0.2) is 20.6 Å². The zero-order valence-corrected chi connectivity index (χ0v) is 12.8. The van der Waals surface area contributed by atoms with Gasteiger partial charge in [-0.1, -0.05) is 6.07 Å². The summed E-state index contributed by atoms with van der Waals surface area (Å²) in [6, 6.07) is 9.07. The summed E-state index contributed by atoms with van der Waals surface area (Å²) in [6.45, 7) is 3.50. The molecule has 1 N–H and O–H groups in total. The molecular weight excluding hydrogens is 292 g/mol. The van der Waals surface area contributed by atoms with Gasteiger partial charge in [0.15, 0.2) is 0 Å². The van der Waals surface area contributed by atoms with E-state index in [1.807, 2.05) is 0 Å². The lowest BCUT2D eigenvalue weighted by Gasteiger charge is -2.12. The number of ether oxygens (including phenoxy) is 1. The Morgan fingerprint density at radius 1 is 1.00 bits per heavy atom. The predicted octanol–water partition coefficient (Wildman–Crippen LogP) is 2.79. The van der Waals surface area contributed by atoms with Crippen LogP contribution < -0.4 is 8.92 Å². The van der Waals surface area contributed by atoms with E-state index in [2.05, 4.69) is 0 Å². The molecule has 2 rings (SSSR count). The average molecular weight is 308 g/mol. The smallest absolute Gasteiger partial charge is 0.342 e. The monoisotopic (exact) mass is 308 g/mol. The van der Waals surface area contributed by atoms with E-state index in [1.165, 1.54) is 31.4 Å². The molecule has 0 unspecified atom stereocenters. The van der Waals surface area contributed by atoms with Gasteiger partial charge < -0.3 is 14.0 Å². The summed E-state index contributed by atoms with van der Waals surface area (Å²) in [7, 11) is -2.66. The van der Waals surface area contributed by atoms with Crippen LogP contribution in [-0.2, 0) is 10.1 Å². The molecule has 0 aliphatic carbocycles. The molecule has 112 valence electrons. The Hall–Kier alpha value is -2.21. The molecule has 0 radical (unpaired) electrons. The molecule has 0 saturated carbocycles. The van der Waals surface area contributed by atoms with Crippen molar-refractivity contribution in [1.29, 1.82) is 0 Å². The van der Waals surface area contributed by atoms with E-state index in [4.69, 9.17) is 8.92 Å². The molecule has 2 aromatic rings. The molecule has 2 aromatic carbocycles. The summed E-state index contributed by atoms with van der Waals surface area (Å²) in [6.07, 6.45) is 0. The molecule has 0 aromatic heterocycles. The van der Waals surface area contributed by atoms with Crippen molar-refractivity contribution in [3.8, 4) is 17.2 Å². The van der Waals surface area contributed by atoms with Gasteiger partial charge in [0.05, 0.1) is 7.11 Å². The topological polar surface area (TPSA) is 72.8 Å². The Morgan fingerprint density at radius 2 is 1.71 bits per heavy atom. The van der Waals surface area contributed by atoms with Gasteiger partial charge in [0.2, 0.25) is 0 Å². The van der Waals surface area contributed by atoms with Gasteiger partial charge in [-0.3, -0.25) is 0 Å². The Kier molecular flexibility index (Phi) is 4.09. The zero-order chi connectivity index (χ0) is 15.6. The Labute approximate surface area is 123 Å². The third kappa shape index (κ3) is 3.46. The second-order valence-electron chi connectivity index (χ2n) is 4.70. The number of aromatic hydroxyl groups is 1. The van der Waals surface area contributed by atoms with E-state index < -0.39 is 10.1 Å². The normalized spacial score (nSPS) is 11.2. The van der Waals surface area contributed by atoms with Crippen LogP contribution in [0.1, 0.15) is 11.1 Å². The Balaban J connectivity index is 2.45. The second kappa shape index (κ2) is 5.65.